The van der Waals surface area contributed by atoms with Gasteiger partial charge in [-0.1, -0.05) is 30.3 Å². The van der Waals surface area contributed by atoms with Crippen LogP contribution in [0.1, 0.15) is 24.3 Å². The first-order valence-corrected chi connectivity index (χ1v) is 7.74. The van der Waals surface area contributed by atoms with E-state index < -0.39 is 0 Å². The first-order chi connectivity index (χ1) is 11.3. The van der Waals surface area contributed by atoms with Crippen molar-refractivity contribution in [3.05, 3.63) is 48.2 Å². The number of urea groups is 1. The van der Waals surface area contributed by atoms with E-state index in [0.717, 1.165) is 25.9 Å². The molecule has 0 aliphatic carbocycles. The molecule has 1 fully saturated rings. The number of aromatic nitrogens is 2. The van der Waals surface area contributed by atoms with E-state index in [9.17, 15) is 4.79 Å². The average Bonchev–Trinajstić information content (AvgIpc) is 2.63. The largest absolute Gasteiger partial charge is 0.467 e. The van der Waals surface area contributed by atoms with Crippen LogP contribution in [0.2, 0.25) is 0 Å². The van der Waals surface area contributed by atoms with Gasteiger partial charge in [0.15, 0.2) is 0 Å². The maximum atomic E-state index is 12.5. The van der Waals surface area contributed by atoms with Gasteiger partial charge in [-0.2, -0.15) is 4.98 Å². The van der Waals surface area contributed by atoms with E-state index in [-0.39, 0.29) is 12.0 Å². The molecule has 2 amide bonds. The second-order valence-corrected chi connectivity index (χ2v) is 5.55. The molecule has 1 aromatic carbocycles. The highest BCUT2D eigenvalue weighted by Crippen LogP contribution is 2.27. The van der Waals surface area contributed by atoms with Gasteiger partial charge in [-0.25, -0.2) is 9.78 Å². The van der Waals surface area contributed by atoms with Crippen molar-refractivity contribution >= 4 is 11.8 Å². The number of hydrogen-bond acceptors (Lipinski definition) is 4. The molecule has 0 spiro atoms. The lowest BCUT2D eigenvalue weighted by Gasteiger charge is -2.33. The molecule has 1 atom stereocenters. The predicted octanol–water partition coefficient (Wildman–Crippen LogP) is 2.90. The molecule has 2 aromatic rings. The van der Waals surface area contributed by atoms with Crippen molar-refractivity contribution in [3.63, 3.8) is 0 Å². The van der Waals surface area contributed by atoms with Crippen LogP contribution in [-0.4, -0.2) is 41.1 Å². The number of hydrogen-bond donors (Lipinski definition) is 1. The van der Waals surface area contributed by atoms with Gasteiger partial charge in [0.2, 0.25) is 0 Å². The van der Waals surface area contributed by atoms with E-state index >= 15 is 0 Å². The Morgan fingerprint density at radius 1 is 1.30 bits per heavy atom. The number of anilines is 1. The number of carbonyl (C=O) groups excluding carboxylic acids is 1. The molecule has 0 saturated carbocycles. The number of nitrogens with zero attached hydrogens (tertiary/aromatic N) is 3. The SMILES string of the molecule is COc1nccc(NC(=O)N2CCCC(c3ccccc3)C2)n1. The Hall–Kier alpha value is -2.63. The Bertz CT molecular complexity index is 663. The summed E-state index contributed by atoms with van der Waals surface area (Å²) < 4.78 is 4.97. The first-order valence-electron chi connectivity index (χ1n) is 7.74. The van der Waals surface area contributed by atoms with Crippen molar-refractivity contribution in [2.24, 2.45) is 0 Å². The molecule has 23 heavy (non-hydrogen) atoms. The molecule has 1 aromatic heterocycles. The highest BCUT2D eigenvalue weighted by molar-refractivity contribution is 5.88. The lowest BCUT2D eigenvalue weighted by atomic mass is 9.91. The summed E-state index contributed by atoms with van der Waals surface area (Å²) in [5.41, 5.74) is 1.29. The van der Waals surface area contributed by atoms with E-state index in [1.807, 2.05) is 23.1 Å². The van der Waals surface area contributed by atoms with Crippen molar-refractivity contribution in [1.82, 2.24) is 14.9 Å². The van der Waals surface area contributed by atoms with Gasteiger partial charge in [0, 0.05) is 25.2 Å². The number of benzene rings is 1. The summed E-state index contributed by atoms with van der Waals surface area (Å²) in [4.78, 5) is 22.3. The number of likely N-dealkylation sites (tertiary alicyclic amines) is 1. The summed E-state index contributed by atoms with van der Waals surface area (Å²) in [7, 11) is 1.50. The second-order valence-electron chi connectivity index (χ2n) is 5.55. The van der Waals surface area contributed by atoms with Gasteiger partial charge in [-0.05, 0) is 24.5 Å². The molecule has 1 aliphatic rings. The van der Waals surface area contributed by atoms with Crippen molar-refractivity contribution in [3.8, 4) is 6.01 Å². The topological polar surface area (TPSA) is 67.3 Å². The molecule has 1 N–H and O–H groups in total. The third kappa shape index (κ3) is 3.77. The van der Waals surface area contributed by atoms with Crippen molar-refractivity contribution in [2.45, 2.75) is 18.8 Å². The number of piperidine rings is 1. The number of nitrogens with one attached hydrogen (secondary N) is 1. The number of carbonyl (C=O) groups is 1. The molecule has 6 nitrogen and oxygen atoms in total. The zero-order chi connectivity index (χ0) is 16.1. The number of rotatable bonds is 3. The first kappa shape index (κ1) is 15.3. The van der Waals surface area contributed by atoms with E-state index in [1.54, 1.807) is 12.3 Å². The summed E-state index contributed by atoms with van der Waals surface area (Å²) >= 11 is 0. The standard InChI is InChI=1S/C17H20N4O2/c1-23-16-18-10-9-15(19-16)20-17(22)21-11-5-8-14(12-21)13-6-3-2-4-7-13/h2-4,6-7,9-10,14H,5,8,11-12H2,1H3,(H,18,19,20,22). The van der Waals surface area contributed by atoms with E-state index in [0.29, 0.717) is 11.7 Å². The maximum absolute atomic E-state index is 12.5. The highest BCUT2D eigenvalue weighted by Gasteiger charge is 2.24. The van der Waals surface area contributed by atoms with Crippen LogP contribution in [0.4, 0.5) is 10.6 Å². The summed E-state index contributed by atoms with van der Waals surface area (Å²) in [6.45, 7) is 1.48. The van der Waals surface area contributed by atoms with E-state index in [4.69, 9.17) is 4.74 Å². The lowest BCUT2D eigenvalue weighted by molar-refractivity contribution is 0.192. The fourth-order valence-electron chi connectivity index (χ4n) is 2.86. The zero-order valence-electron chi connectivity index (χ0n) is 13.1. The van der Waals surface area contributed by atoms with Crippen LogP contribution in [0, 0.1) is 0 Å². The van der Waals surface area contributed by atoms with Crippen LogP contribution in [0.3, 0.4) is 0 Å². The molecular weight excluding hydrogens is 292 g/mol. The van der Waals surface area contributed by atoms with Gasteiger partial charge in [0.25, 0.3) is 0 Å². The molecular formula is C17H20N4O2. The van der Waals surface area contributed by atoms with Crippen molar-refractivity contribution < 1.29 is 9.53 Å². The van der Waals surface area contributed by atoms with Crippen LogP contribution < -0.4 is 10.1 Å². The van der Waals surface area contributed by atoms with Gasteiger partial charge in [0.1, 0.15) is 5.82 Å². The van der Waals surface area contributed by atoms with Gasteiger partial charge >= 0.3 is 12.0 Å². The number of methoxy groups -OCH3 is 1. The fourth-order valence-corrected chi connectivity index (χ4v) is 2.86. The third-order valence-corrected chi connectivity index (χ3v) is 4.03. The molecule has 3 rings (SSSR count). The fraction of sp³-hybridized carbons (Fsp3) is 0.353. The van der Waals surface area contributed by atoms with E-state index in [1.165, 1.54) is 12.7 Å². The van der Waals surface area contributed by atoms with Gasteiger partial charge < -0.3 is 9.64 Å². The monoisotopic (exact) mass is 312 g/mol. The normalized spacial score (nSPS) is 17.6. The number of ether oxygens (including phenoxy) is 1. The summed E-state index contributed by atoms with van der Waals surface area (Å²) in [6, 6.07) is 12.1. The van der Waals surface area contributed by atoms with Crippen LogP contribution in [0.15, 0.2) is 42.6 Å². The summed E-state index contributed by atoms with van der Waals surface area (Å²) in [6.07, 6.45) is 3.67. The maximum Gasteiger partial charge on any atom is 0.323 e. The van der Waals surface area contributed by atoms with E-state index in [2.05, 4.69) is 27.4 Å². The summed E-state index contributed by atoms with van der Waals surface area (Å²) in [5.74, 6) is 0.833. The van der Waals surface area contributed by atoms with Crippen LogP contribution in [0.5, 0.6) is 6.01 Å². The molecule has 1 unspecified atom stereocenters. The molecule has 1 aliphatic heterocycles. The molecule has 0 radical (unpaired) electrons. The highest BCUT2D eigenvalue weighted by atomic mass is 16.5. The Balaban J connectivity index is 1.65. The minimum absolute atomic E-state index is 0.133. The smallest absolute Gasteiger partial charge is 0.323 e. The quantitative estimate of drug-likeness (QED) is 0.946. The van der Waals surface area contributed by atoms with Crippen LogP contribution >= 0.6 is 0 Å². The number of amides is 2. The van der Waals surface area contributed by atoms with Crippen LogP contribution in [0.25, 0.3) is 0 Å². The summed E-state index contributed by atoms with van der Waals surface area (Å²) in [5, 5.41) is 2.81. The Labute approximate surface area is 135 Å². The minimum atomic E-state index is -0.133. The third-order valence-electron chi connectivity index (χ3n) is 4.03. The van der Waals surface area contributed by atoms with Gasteiger partial charge in [0.05, 0.1) is 7.11 Å². The predicted molar refractivity (Wildman–Crippen MR) is 87.6 cm³/mol. The Morgan fingerprint density at radius 2 is 2.13 bits per heavy atom. The molecule has 120 valence electrons. The molecule has 1 saturated heterocycles. The van der Waals surface area contributed by atoms with Gasteiger partial charge in [-0.15, -0.1) is 0 Å². The Morgan fingerprint density at radius 3 is 2.91 bits per heavy atom. The molecule has 2 heterocycles. The second kappa shape index (κ2) is 7.09. The molecule has 0 bridgehead atoms. The average molecular weight is 312 g/mol. The van der Waals surface area contributed by atoms with Crippen molar-refractivity contribution in [2.75, 3.05) is 25.5 Å². The van der Waals surface area contributed by atoms with Crippen LogP contribution in [-0.2, 0) is 0 Å². The van der Waals surface area contributed by atoms with Crippen molar-refractivity contribution in [1.29, 1.82) is 0 Å². The Kier molecular flexibility index (Phi) is 4.71. The minimum Gasteiger partial charge on any atom is -0.467 e. The zero-order valence-corrected chi connectivity index (χ0v) is 13.1. The van der Waals surface area contributed by atoms with Gasteiger partial charge in [-0.3, -0.25) is 5.32 Å². The lowest BCUT2D eigenvalue weighted by Crippen LogP contribution is -2.41. The molecule has 6 heteroatoms.